The van der Waals surface area contributed by atoms with Crippen molar-refractivity contribution in [3.8, 4) is 0 Å². The number of aromatic nitrogens is 1. The highest BCUT2D eigenvalue weighted by Gasteiger charge is 2.13. The number of aryl methyl sites for hydroxylation is 2. The Morgan fingerprint density at radius 1 is 0.909 bits per heavy atom. The summed E-state index contributed by atoms with van der Waals surface area (Å²) in [5, 5.41) is 9.22. The van der Waals surface area contributed by atoms with Gasteiger partial charge >= 0.3 is 6.03 Å². The molecule has 3 aromatic carbocycles. The maximum Gasteiger partial charge on any atom is 0.323 e. The fraction of sp³-hybridized carbons (Fsp3) is 0.154. The second kappa shape index (κ2) is 9.56. The monoisotopic (exact) mass is 444 g/mol. The topological polar surface area (TPSA) is 86.0 Å². The normalized spacial score (nSPS) is 10.8. The van der Waals surface area contributed by atoms with E-state index < -0.39 is 0 Å². The number of benzene rings is 3. The first kappa shape index (κ1) is 22.1. The molecule has 0 unspecified atom stereocenters. The van der Waals surface area contributed by atoms with Crippen LogP contribution in [-0.4, -0.2) is 16.9 Å². The van der Waals surface area contributed by atoms with Gasteiger partial charge in [-0.15, -0.1) is 0 Å². The first-order chi connectivity index (χ1) is 15.9. The number of amides is 3. The summed E-state index contributed by atoms with van der Waals surface area (Å²) in [6.07, 6.45) is 0.145. The van der Waals surface area contributed by atoms with Gasteiger partial charge in [0.25, 0.3) is 0 Å². The van der Waals surface area contributed by atoms with Crippen LogP contribution in [0.4, 0.5) is 20.6 Å². The predicted molar refractivity (Wildman–Crippen MR) is 129 cm³/mol. The van der Waals surface area contributed by atoms with Crippen LogP contribution in [0, 0.1) is 19.7 Å². The molecule has 0 fully saturated rings. The largest absolute Gasteiger partial charge is 0.358 e. The van der Waals surface area contributed by atoms with Crippen LogP contribution in [-0.2, 0) is 17.8 Å². The van der Waals surface area contributed by atoms with Crippen molar-refractivity contribution in [1.82, 2.24) is 10.3 Å². The molecule has 0 saturated heterocycles. The lowest BCUT2D eigenvalue weighted by molar-refractivity contribution is -0.120. The molecule has 0 saturated carbocycles. The second-order valence-electron chi connectivity index (χ2n) is 8.02. The average Bonchev–Trinajstić information content (AvgIpc) is 3.07. The Morgan fingerprint density at radius 2 is 1.64 bits per heavy atom. The van der Waals surface area contributed by atoms with Gasteiger partial charge in [0.2, 0.25) is 5.91 Å². The highest BCUT2D eigenvalue weighted by atomic mass is 19.1. The summed E-state index contributed by atoms with van der Waals surface area (Å²) >= 11 is 0. The lowest BCUT2D eigenvalue weighted by Gasteiger charge is -2.10. The van der Waals surface area contributed by atoms with Crippen LogP contribution in [0.3, 0.4) is 0 Å². The van der Waals surface area contributed by atoms with Gasteiger partial charge in [0.1, 0.15) is 5.82 Å². The van der Waals surface area contributed by atoms with Crippen LogP contribution in [0.25, 0.3) is 10.9 Å². The summed E-state index contributed by atoms with van der Waals surface area (Å²) in [6, 6.07) is 19.0. The molecule has 1 aromatic heterocycles. The van der Waals surface area contributed by atoms with Gasteiger partial charge in [0.15, 0.2) is 0 Å². The lowest BCUT2D eigenvalue weighted by atomic mass is 10.1. The Bertz CT molecular complexity index is 1330. The van der Waals surface area contributed by atoms with E-state index in [1.807, 2.05) is 56.3 Å². The van der Waals surface area contributed by atoms with Crippen molar-refractivity contribution in [2.75, 3.05) is 10.6 Å². The summed E-state index contributed by atoms with van der Waals surface area (Å²) < 4.78 is 13.7. The minimum absolute atomic E-state index is 0.145. The minimum atomic E-state index is -0.344. The molecule has 6 nitrogen and oxygen atoms in total. The van der Waals surface area contributed by atoms with Crippen LogP contribution >= 0.6 is 0 Å². The third-order valence-electron chi connectivity index (χ3n) is 5.37. The highest BCUT2D eigenvalue weighted by Crippen LogP contribution is 2.23. The number of urea groups is 1. The molecule has 7 heteroatoms. The smallest absolute Gasteiger partial charge is 0.323 e. The van der Waals surface area contributed by atoms with Gasteiger partial charge in [-0.25, -0.2) is 9.18 Å². The molecule has 0 aliphatic rings. The number of hydrogen-bond donors (Lipinski definition) is 4. The highest BCUT2D eigenvalue weighted by molar-refractivity contribution is 5.99. The summed E-state index contributed by atoms with van der Waals surface area (Å²) in [5.41, 5.74) is 5.66. The number of fused-ring (bicyclic) bond motifs is 1. The number of anilines is 2. The molecule has 0 bridgehead atoms. The number of aromatic amines is 1. The summed E-state index contributed by atoms with van der Waals surface area (Å²) in [6.45, 7) is 4.14. The van der Waals surface area contributed by atoms with E-state index >= 15 is 0 Å². The van der Waals surface area contributed by atoms with Gasteiger partial charge in [-0.3, -0.25) is 4.79 Å². The number of nitrogens with one attached hydrogen (secondary N) is 4. The molecule has 1 heterocycles. The Kier molecular flexibility index (Phi) is 6.40. The number of H-pyrrole nitrogens is 1. The average molecular weight is 445 g/mol. The van der Waals surface area contributed by atoms with E-state index in [1.165, 1.54) is 12.1 Å². The van der Waals surface area contributed by atoms with Gasteiger partial charge < -0.3 is 20.9 Å². The standard InChI is InChI=1S/C26H25FN4O2/c1-16-5-3-7-20(11-16)30-26(33)31-21-8-4-6-18(12-21)15-28-25(32)14-22-17(2)29-24-10-9-19(27)13-23(22)24/h3-13,29H,14-15H2,1-2H3,(H,28,32)(H2,30,31,33). The number of rotatable bonds is 6. The maximum absolute atomic E-state index is 13.7. The van der Waals surface area contributed by atoms with E-state index in [1.54, 1.807) is 12.1 Å². The van der Waals surface area contributed by atoms with Crippen LogP contribution < -0.4 is 16.0 Å². The van der Waals surface area contributed by atoms with Gasteiger partial charge in [-0.1, -0.05) is 24.3 Å². The number of carbonyl (C=O) groups is 2. The molecule has 3 amide bonds. The van der Waals surface area contributed by atoms with Crippen LogP contribution in [0.2, 0.25) is 0 Å². The van der Waals surface area contributed by atoms with Crippen molar-refractivity contribution in [2.24, 2.45) is 0 Å². The van der Waals surface area contributed by atoms with E-state index in [2.05, 4.69) is 20.9 Å². The Morgan fingerprint density at radius 3 is 2.39 bits per heavy atom. The third kappa shape index (κ3) is 5.57. The zero-order valence-corrected chi connectivity index (χ0v) is 18.5. The molecule has 168 valence electrons. The molecule has 33 heavy (non-hydrogen) atoms. The van der Waals surface area contributed by atoms with Crippen molar-refractivity contribution in [2.45, 2.75) is 26.8 Å². The number of hydrogen-bond acceptors (Lipinski definition) is 2. The number of carbonyl (C=O) groups excluding carboxylic acids is 2. The van der Waals surface area contributed by atoms with E-state index in [0.717, 1.165) is 27.9 Å². The number of halogens is 1. The van der Waals surface area contributed by atoms with Gasteiger partial charge in [0.05, 0.1) is 6.42 Å². The quantitative estimate of drug-likeness (QED) is 0.320. The molecule has 4 rings (SSSR count). The van der Waals surface area contributed by atoms with Crippen molar-refractivity contribution in [3.05, 3.63) is 94.9 Å². The van der Waals surface area contributed by atoms with Gasteiger partial charge in [-0.2, -0.15) is 0 Å². The molecule has 0 spiro atoms. The van der Waals surface area contributed by atoms with Crippen LogP contribution in [0.15, 0.2) is 66.7 Å². The summed E-state index contributed by atoms with van der Waals surface area (Å²) in [5.74, 6) is -0.502. The zero-order valence-electron chi connectivity index (χ0n) is 18.5. The lowest BCUT2D eigenvalue weighted by Crippen LogP contribution is -2.25. The summed E-state index contributed by atoms with van der Waals surface area (Å²) in [7, 11) is 0. The second-order valence-corrected chi connectivity index (χ2v) is 8.02. The Hall–Kier alpha value is -4.13. The summed E-state index contributed by atoms with van der Waals surface area (Å²) in [4.78, 5) is 28.0. The molecule has 0 aliphatic heterocycles. The first-order valence-electron chi connectivity index (χ1n) is 10.6. The third-order valence-corrected chi connectivity index (χ3v) is 5.37. The molecular weight excluding hydrogens is 419 g/mol. The minimum Gasteiger partial charge on any atom is -0.358 e. The molecule has 4 N–H and O–H groups in total. The molecule has 0 radical (unpaired) electrons. The van der Waals surface area contributed by atoms with Crippen molar-refractivity contribution < 1.29 is 14.0 Å². The van der Waals surface area contributed by atoms with Gasteiger partial charge in [-0.05, 0) is 73.0 Å². The van der Waals surface area contributed by atoms with E-state index in [-0.39, 0.29) is 24.2 Å². The Balaban J connectivity index is 1.35. The van der Waals surface area contributed by atoms with E-state index in [0.29, 0.717) is 23.3 Å². The zero-order chi connectivity index (χ0) is 23.4. The Labute approximate surface area is 191 Å². The molecule has 0 aliphatic carbocycles. The molecular formula is C26H25FN4O2. The first-order valence-corrected chi connectivity index (χ1v) is 10.6. The maximum atomic E-state index is 13.7. The van der Waals surface area contributed by atoms with Crippen LogP contribution in [0.5, 0.6) is 0 Å². The van der Waals surface area contributed by atoms with Gasteiger partial charge in [0, 0.05) is 34.5 Å². The fourth-order valence-electron chi connectivity index (χ4n) is 3.78. The van der Waals surface area contributed by atoms with E-state index in [9.17, 15) is 14.0 Å². The van der Waals surface area contributed by atoms with E-state index in [4.69, 9.17) is 0 Å². The fourth-order valence-corrected chi connectivity index (χ4v) is 3.78. The van der Waals surface area contributed by atoms with Crippen molar-refractivity contribution >= 4 is 34.2 Å². The van der Waals surface area contributed by atoms with Crippen LogP contribution in [0.1, 0.15) is 22.4 Å². The predicted octanol–water partition coefficient (Wildman–Crippen LogP) is 5.43. The van der Waals surface area contributed by atoms with Crippen molar-refractivity contribution in [3.63, 3.8) is 0 Å². The SMILES string of the molecule is Cc1cccc(NC(=O)Nc2cccc(CNC(=O)Cc3c(C)[nH]c4ccc(F)cc34)c2)c1. The molecule has 0 atom stereocenters. The molecule has 4 aromatic rings. The van der Waals surface area contributed by atoms with Crippen molar-refractivity contribution in [1.29, 1.82) is 0 Å².